The lowest BCUT2D eigenvalue weighted by atomic mass is 10.2. The zero-order chi connectivity index (χ0) is 6.85. The molecule has 0 radical (unpaired) electrons. The Labute approximate surface area is 74.2 Å². The number of hydrogen-bond donors (Lipinski definition) is 1. The van der Waals surface area contributed by atoms with Gasteiger partial charge in [0.25, 0.3) is 0 Å². The van der Waals surface area contributed by atoms with Gasteiger partial charge in [-0.05, 0) is 53.3 Å². The number of thiol groups is 1. The first-order valence-electron chi connectivity index (χ1n) is 2.65. The van der Waals surface area contributed by atoms with Gasteiger partial charge < -0.3 is 0 Å². The molecule has 0 heterocycles. The summed E-state index contributed by atoms with van der Waals surface area (Å²) in [6.07, 6.45) is 0. The van der Waals surface area contributed by atoms with E-state index in [0.29, 0.717) is 0 Å². The Bertz CT molecular complexity index is 220. The molecule has 1 rings (SSSR count). The zero-order valence-corrected chi connectivity index (χ0v) is 8.11. The molecule has 0 spiro atoms. The van der Waals surface area contributed by atoms with Crippen molar-refractivity contribution in [3.63, 3.8) is 0 Å². The minimum atomic E-state index is 1.07. The third-order valence-corrected chi connectivity index (χ3v) is 2.33. The average Bonchev–Trinajstić information content (AvgIpc) is 1.80. The molecule has 0 atom stereocenters. The Morgan fingerprint density at radius 3 is 2.56 bits per heavy atom. The van der Waals surface area contributed by atoms with E-state index >= 15 is 0 Å². The smallest absolute Gasteiger partial charge is 0.0133 e. The summed E-state index contributed by atoms with van der Waals surface area (Å²) in [5.41, 5.74) is 1.24. The lowest BCUT2D eigenvalue weighted by Gasteiger charge is -1.96. The summed E-state index contributed by atoms with van der Waals surface area (Å²) < 4.78 is 1.27. The summed E-state index contributed by atoms with van der Waals surface area (Å²) in [6, 6.07) is 6.18. The van der Waals surface area contributed by atoms with Crippen molar-refractivity contribution in [1.29, 1.82) is 0 Å². The van der Waals surface area contributed by atoms with Gasteiger partial charge in [0.15, 0.2) is 0 Å². The molecule has 0 bridgehead atoms. The summed E-state index contributed by atoms with van der Waals surface area (Å²) in [4.78, 5) is 1.07. The van der Waals surface area contributed by atoms with Crippen LogP contribution in [0.1, 0.15) is 5.56 Å². The van der Waals surface area contributed by atoms with Crippen molar-refractivity contribution in [2.45, 2.75) is 11.8 Å². The maximum absolute atomic E-state index is 4.24. The van der Waals surface area contributed by atoms with E-state index < -0.39 is 0 Å². The van der Waals surface area contributed by atoms with Crippen LogP contribution in [0.5, 0.6) is 0 Å². The average molecular weight is 250 g/mol. The molecule has 0 nitrogen and oxygen atoms in total. The van der Waals surface area contributed by atoms with Gasteiger partial charge in [0, 0.05) is 8.47 Å². The SMILES string of the molecule is Cc1cc(I)ccc1S. The molecule has 1 aromatic rings. The Balaban J connectivity index is 3.17. The largest absolute Gasteiger partial charge is 0.143 e. The third-order valence-electron chi connectivity index (χ3n) is 1.16. The van der Waals surface area contributed by atoms with Gasteiger partial charge in [0.2, 0.25) is 0 Å². The van der Waals surface area contributed by atoms with E-state index in [2.05, 4.69) is 54.3 Å². The monoisotopic (exact) mass is 250 g/mol. The van der Waals surface area contributed by atoms with E-state index in [4.69, 9.17) is 0 Å². The van der Waals surface area contributed by atoms with Crippen molar-refractivity contribution in [3.8, 4) is 0 Å². The fraction of sp³-hybridized carbons (Fsp3) is 0.143. The number of rotatable bonds is 0. The van der Waals surface area contributed by atoms with Gasteiger partial charge in [-0.25, -0.2) is 0 Å². The predicted octanol–water partition coefficient (Wildman–Crippen LogP) is 2.89. The van der Waals surface area contributed by atoms with E-state index in [1.165, 1.54) is 9.13 Å². The van der Waals surface area contributed by atoms with Crippen molar-refractivity contribution in [2.24, 2.45) is 0 Å². The highest BCUT2D eigenvalue weighted by atomic mass is 127. The Kier molecular flexibility index (Phi) is 2.41. The van der Waals surface area contributed by atoms with Crippen LogP contribution < -0.4 is 0 Å². The number of halogens is 1. The van der Waals surface area contributed by atoms with Crippen LogP contribution in [-0.4, -0.2) is 0 Å². The predicted molar refractivity (Wildman–Crippen MR) is 51.1 cm³/mol. The minimum absolute atomic E-state index is 1.07. The molecule has 0 aliphatic rings. The quantitative estimate of drug-likeness (QED) is 0.531. The molecule has 48 valence electrons. The number of benzene rings is 1. The van der Waals surface area contributed by atoms with Crippen LogP contribution in [-0.2, 0) is 0 Å². The fourth-order valence-electron chi connectivity index (χ4n) is 0.619. The van der Waals surface area contributed by atoms with Crippen LogP contribution in [0.3, 0.4) is 0 Å². The normalized spacial score (nSPS) is 9.67. The molecular formula is C7H7IS. The third kappa shape index (κ3) is 1.86. The molecular weight excluding hydrogens is 243 g/mol. The van der Waals surface area contributed by atoms with Gasteiger partial charge >= 0.3 is 0 Å². The summed E-state index contributed by atoms with van der Waals surface area (Å²) >= 11 is 6.53. The molecule has 0 N–H and O–H groups in total. The Hall–Kier alpha value is 0.300. The van der Waals surface area contributed by atoms with Crippen LogP contribution in [0, 0.1) is 10.5 Å². The topological polar surface area (TPSA) is 0 Å². The van der Waals surface area contributed by atoms with Crippen LogP contribution in [0.2, 0.25) is 0 Å². The van der Waals surface area contributed by atoms with E-state index in [1.54, 1.807) is 0 Å². The molecule has 0 fully saturated rings. The summed E-state index contributed by atoms with van der Waals surface area (Å²) in [5, 5.41) is 0. The van der Waals surface area contributed by atoms with Crippen LogP contribution in [0.4, 0.5) is 0 Å². The Morgan fingerprint density at radius 2 is 2.11 bits per heavy atom. The lowest BCUT2D eigenvalue weighted by molar-refractivity contribution is 1.30. The number of aryl methyl sites for hydroxylation is 1. The molecule has 0 saturated heterocycles. The van der Waals surface area contributed by atoms with Gasteiger partial charge in [-0.15, -0.1) is 12.6 Å². The van der Waals surface area contributed by atoms with Gasteiger partial charge in [-0.1, -0.05) is 0 Å². The maximum Gasteiger partial charge on any atom is 0.0133 e. The molecule has 2 heteroatoms. The van der Waals surface area contributed by atoms with Gasteiger partial charge in [-0.3, -0.25) is 0 Å². The lowest BCUT2D eigenvalue weighted by Crippen LogP contribution is -1.76. The molecule has 0 unspecified atom stereocenters. The highest BCUT2D eigenvalue weighted by molar-refractivity contribution is 14.1. The van der Waals surface area contributed by atoms with Crippen LogP contribution in [0.25, 0.3) is 0 Å². The van der Waals surface area contributed by atoms with Crippen molar-refractivity contribution < 1.29 is 0 Å². The molecule has 0 saturated carbocycles. The first-order valence-corrected chi connectivity index (χ1v) is 4.18. The van der Waals surface area contributed by atoms with Crippen molar-refractivity contribution >= 4 is 35.2 Å². The molecule has 0 aliphatic carbocycles. The highest BCUT2D eigenvalue weighted by Crippen LogP contribution is 2.15. The second kappa shape index (κ2) is 2.92. The first kappa shape index (κ1) is 7.41. The van der Waals surface area contributed by atoms with Crippen LogP contribution >= 0.6 is 35.2 Å². The minimum Gasteiger partial charge on any atom is -0.143 e. The summed E-state index contributed by atoms with van der Waals surface area (Å²) in [6.45, 7) is 2.06. The van der Waals surface area contributed by atoms with Crippen molar-refractivity contribution in [2.75, 3.05) is 0 Å². The second-order valence-electron chi connectivity index (χ2n) is 1.93. The molecule has 0 aromatic heterocycles. The van der Waals surface area contributed by atoms with E-state index in [-0.39, 0.29) is 0 Å². The summed E-state index contributed by atoms with van der Waals surface area (Å²) in [5.74, 6) is 0. The van der Waals surface area contributed by atoms with E-state index in [1.807, 2.05) is 6.07 Å². The van der Waals surface area contributed by atoms with E-state index in [9.17, 15) is 0 Å². The van der Waals surface area contributed by atoms with E-state index in [0.717, 1.165) is 4.90 Å². The highest BCUT2D eigenvalue weighted by Gasteiger charge is 1.91. The molecule has 0 aliphatic heterocycles. The molecule has 0 amide bonds. The van der Waals surface area contributed by atoms with Crippen molar-refractivity contribution in [1.82, 2.24) is 0 Å². The molecule has 9 heavy (non-hydrogen) atoms. The zero-order valence-electron chi connectivity index (χ0n) is 5.06. The first-order chi connectivity index (χ1) is 4.20. The Morgan fingerprint density at radius 1 is 1.44 bits per heavy atom. The summed E-state index contributed by atoms with van der Waals surface area (Å²) in [7, 11) is 0. The second-order valence-corrected chi connectivity index (χ2v) is 3.66. The van der Waals surface area contributed by atoms with Crippen molar-refractivity contribution in [3.05, 3.63) is 27.3 Å². The number of hydrogen-bond acceptors (Lipinski definition) is 1. The van der Waals surface area contributed by atoms with Gasteiger partial charge in [-0.2, -0.15) is 0 Å². The standard InChI is InChI=1S/C7H7IS/c1-5-4-6(8)2-3-7(5)9/h2-4,9H,1H3. The maximum atomic E-state index is 4.24. The van der Waals surface area contributed by atoms with Crippen LogP contribution in [0.15, 0.2) is 23.1 Å². The molecule has 1 aromatic carbocycles. The van der Waals surface area contributed by atoms with Gasteiger partial charge in [0.1, 0.15) is 0 Å². The fourth-order valence-corrected chi connectivity index (χ4v) is 1.40. The van der Waals surface area contributed by atoms with Gasteiger partial charge in [0.05, 0.1) is 0 Å².